The third kappa shape index (κ3) is 29.7. The molecule has 0 aromatic heterocycles. The van der Waals surface area contributed by atoms with E-state index in [2.05, 4.69) is 28.4 Å². The summed E-state index contributed by atoms with van der Waals surface area (Å²) >= 11 is 0. The van der Waals surface area contributed by atoms with Crippen molar-refractivity contribution < 1.29 is 115 Å². The topological polar surface area (TPSA) is 382 Å². The van der Waals surface area contributed by atoms with Gasteiger partial charge in [0.25, 0.3) is 70.1 Å². The van der Waals surface area contributed by atoms with Gasteiger partial charge < -0.3 is 57.8 Å². The van der Waals surface area contributed by atoms with Crippen molar-refractivity contribution in [2.45, 2.75) is 66.2 Å². The number of amides is 6. The largest absolute Gasteiger partial charge is 0.454 e. The van der Waals surface area contributed by atoms with Crippen molar-refractivity contribution in [2.75, 3.05) is 120 Å². The van der Waals surface area contributed by atoms with E-state index in [1.165, 1.54) is 47.8 Å². The van der Waals surface area contributed by atoms with E-state index in [0.29, 0.717) is 76.7 Å². The molecule has 0 unspecified atom stereocenters. The SMILES string of the molecule is CCN(CC)C(=O)C(=O)COC(=O)/C=C/C(=O)OCC(=O)C(=O)N(CC)CC.CN(C)C(=O)C(=O)COC(=O)/C=C/C(=O)OCC(=O)C(=O)N(C)C.O=C(/C=C/C(=O)OCC(=O)C(=O)N1CCCCC1)OCC(=O)C(=O)N1CCCCC1. The van der Waals surface area contributed by atoms with E-state index in [1.807, 2.05) is 0 Å². The van der Waals surface area contributed by atoms with Crippen molar-refractivity contribution in [2.24, 2.45) is 0 Å². The molecule has 452 valence electrons. The molecule has 2 saturated heterocycles. The van der Waals surface area contributed by atoms with Gasteiger partial charge in [0.2, 0.25) is 0 Å². The average molecular weight is 1160 g/mol. The predicted octanol–water partition coefficient (Wildman–Crippen LogP) is -2.76. The van der Waals surface area contributed by atoms with Crippen LogP contribution >= 0.6 is 0 Å². The average Bonchev–Trinajstić information content (AvgIpc) is 3.47. The van der Waals surface area contributed by atoms with Crippen molar-refractivity contribution in [3.05, 3.63) is 36.5 Å². The molecule has 2 aliphatic heterocycles. The van der Waals surface area contributed by atoms with Crippen LogP contribution in [0, 0.1) is 0 Å². The Bertz CT molecular complexity index is 2290. The first-order valence-electron chi connectivity index (χ1n) is 25.5. The van der Waals surface area contributed by atoms with Crippen LogP contribution < -0.4 is 0 Å². The third-order valence-corrected chi connectivity index (χ3v) is 10.8. The Hall–Kier alpha value is -9.12. The lowest BCUT2D eigenvalue weighted by atomic mass is 10.1. The summed E-state index contributed by atoms with van der Waals surface area (Å²) in [6.07, 6.45) is 9.47. The van der Waals surface area contributed by atoms with Crippen molar-refractivity contribution in [3.8, 4) is 0 Å². The number of ketones is 6. The Morgan fingerprint density at radius 2 is 0.500 bits per heavy atom. The van der Waals surface area contributed by atoms with E-state index in [0.717, 1.165) is 60.5 Å². The summed E-state index contributed by atoms with van der Waals surface area (Å²) in [7, 11) is 5.45. The van der Waals surface area contributed by atoms with Gasteiger partial charge in [0.15, 0.2) is 39.6 Å². The Morgan fingerprint density at radius 3 is 0.695 bits per heavy atom. The molecular formula is C52H70N6O24. The van der Waals surface area contributed by atoms with Crippen LogP contribution in [0.2, 0.25) is 0 Å². The van der Waals surface area contributed by atoms with Crippen LogP contribution in [0.3, 0.4) is 0 Å². The molecule has 0 saturated carbocycles. The van der Waals surface area contributed by atoms with Crippen LogP contribution in [0.4, 0.5) is 0 Å². The third-order valence-electron chi connectivity index (χ3n) is 10.8. The first-order valence-corrected chi connectivity index (χ1v) is 25.5. The summed E-state index contributed by atoms with van der Waals surface area (Å²) in [6.45, 7) is 5.69. The molecule has 30 heteroatoms. The van der Waals surface area contributed by atoms with Gasteiger partial charge in [0.05, 0.1) is 0 Å². The van der Waals surface area contributed by atoms with E-state index < -0.39 is 146 Å². The molecule has 2 fully saturated rings. The molecule has 0 aromatic rings. The first-order chi connectivity index (χ1) is 38.6. The zero-order valence-electron chi connectivity index (χ0n) is 47.1. The molecule has 0 radical (unpaired) electrons. The highest BCUT2D eigenvalue weighted by Crippen LogP contribution is 2.10. The normalized spacial score (nSPS) is 12.6. The zero-order chi connectivity index (χ0) is 62.5. The molecular weight excluding hydrogens is 1090 g/mol. The zero-order valence-corrected chi connectivity index (χ0v) is 47.1. The predicted molar refractivity (Wildman–Crippen MR) is 277 cm³/mol. The van der Waals surface area contributed by atoms with Gasteiger partial charge in [0, 0.05) is 117 Å². The quantitative estimate of drug-likeness (QED) is 0.0331. The summed E-state index contributed by atoms with van der Waals surface area (Å²) in [5.74, 6) is -16.1. The number of Topliss-reactive ketones (excluding diaryl/α,β-unsaturated/α-hetero) is 6. The van der Waals surface area contributed by atoms with Crippen molar-refractivity contribution in [1.82, 2.24) is 29.4 Å². The van der Waals surface area contributed by atoms with Gasteiger partial charge in [0.1, 0.15) is 0 Å². The number of likely N-dealkylation sites (tertiary alicyclic amines) is 2. The Morgan fingerprint density at radius 1 is 0.305 bits per heavy atom. The number of likely N-dealkylation sites (N-methyl/N-ethyl adjacent to an activating group) is 4. The number of rotatable bonds is 28. The molecule has 82 heavy (non-hydrogen) atoms. The van der Waals surface area contributed by atoms with Gasteiger partial charge in [-0.15, -0.1) is 0 Å². The Kier molecular flexibility index (Phi) is 35.7. The van der Waals surface area contributed by atoms with Crippen molar-refractivity contribution in [3.63, 3.8) is 0 Å². The Balaban J connectivity index is 0.00000121. The molecule has 0 spiro atoms. The lowest BCUT2D eigenvalue weighted by Crippen LogP contribution is -2.41. The number of ether oxygens (including phenoxy) is 6. The minimum atomic E-state index is -1.05. The fraction of sp³-hybridized carbons (Fsp3) is 0.538. The van der Waals surface area contributed by atoms with Gasteiger partial charge in [-0.3, -0.25) is 57.5 Å². The molecule has 0 bridgehead atoms. The second-order valence-electron chi connectivity index (χ2n) is 17.2. The van der Waals surface area contributed by atoms with Gasteiger partial charge >= 0.3 is 35.8 Å². The van der Waals surface area contributed by atoms with E-state index in [9.17, 15) is 86.3 Å². The number of carbonyl (C=O) groups is 18. The number of piperidine rings is 2. The minimum absolute atomic E-state index is 0.344. The second kappa shape index (κ2) is 40.1. The maximum atomic E-state index is 11.9. The number of nitrogens with zero attached hydrogens (tertiary/aromatic N) is 6. The highest BCUT2D eigenvalue weighted by molar-refractivity contribution is 6.39. The van der Waals surface area contributed by atoms with Crippen LogP contribution in [-0.4, -0.2) is 256 Å². The summed E-state index contributed by atoms with van der Waals surface area (Å²) in [4.78, 5) is 215. The summed E-state index contributed by atoms with van der Waals surface area (Å²) in [5, 5.41) is 0. The first kappa shape index (κ1) is 72.9. The van der Waals surface area contributed by atoms with E-state index in [1.54, 1.807) is 27.7 Å². The molecule has 30 nitrogen and oxygen atoms in total. The van der Waals surface area contributed by atoms with Crippen molar-refractivity contribution in [1.29, 1.82) is 0 Å². The maximum absolute atomic E-state index is 11.9. The second-order valence-corrected chi connectivity index (χ2v) is 17.2. The lowest BCUT2D eigenvalue weighted by Gasteiger charge is -2.25. The summed E-state index contributed by atoms with van der Waals surface area (Å²) in [6, 6.07) is 0. The van der Waals surface area contributed by atoms with Gasteiger partial charge in [-0.1, -0.05) is 0 Å². The molecule has 6 amide bonds. The van der Waals surface area contributed by atoms with E-state index >= 15 is 0 Å². The summed E-state index contributed by atoms with van der Waals surface area (Å²) in [5.41, 5.74) is 0. The minimum Gasteiger partial charge on any atom is -0.454 e. The molecule has 0 aromatic carbocycles. The van der Waals surface area contributed by atoms with Crippen molar-refractivity contribution >= 4 is 106 Å². The highest BCUT2D eigenvalue weighted by atomic mass is 16.6. The van der Waals surface area contributed by atoms with Gasteiger partial charge in [-0.05, 0) is 66.2 Å². The molecule has 0 atom stereocenters. The number of carbonyl (C=O) groups excluding carboxylic acids is 18. The fourth-order valence-corrected chi connectivity index (χ4v) is 6.31. The van der Waals surface area contributed by atoms with Crippen LogP contribution in [0.1, 0.15) is 66.2 Å². The smallest absolute Gasteiger partial charge is 0.331 e. The summed E-state index contributed by atoms with van der Waals surface area (Å²) < 4.78 is 27.4. The molecule has 2 aliphatic rings. The van der Waals surface area contributed by atoms with E-state index in [4.69, 9.17) is 0 Å². The maximum Gasteiger partial charge on any atom is 0.331 e. The fourth-order valence-electron chi connectivity index (χ4n) is 6.31. The van der Waals surface area contributed by atoms with Crippen LogP contribution in [0.5, 0.6) is 0 Å². The van der Waals surface area contributed by atoms with Gasteiger partial charge in [-0.25, -0.2) is 28.8 Å². The van der Waals surface area contributed by atoms with Crippen LogP contribution in [-0.2, 0) is 115 Å². The standard InChI is InChI=1S/C20H26N2O8.C18H26N2O8.C14H18N2O8/c23-15(19(27)21-9-3-1-4-10-21)13-29-17(25)7-8-18(26)30-14-16(24)20(28)22-11-5-2-6-12-22;1-5-19(6-2)17(25)13(21)11-27-15(23)9-10-16(24)28-12-14(22)18(26)20(7-3)8-4;1-15(2)13(21)9(17)7-23-11(19)5-6-12(20)24-8-10(18)14(22)16(3)4/h7-8H,1-6,9-14H2;9-10H,5-8,11-12H2,1-4H3;5-6H,7-8H2,1-4H3/b8-7+;10-9+;6-5+. The van der Waals surface area contributed by atoms with Crippen LogP contribution in [0.15, 0.2) is 36.5 Å². The molecule has 2 rings (SSSR count). The number of esters is 6. The molecule has 2 heterocycles. The highest BCUT2D eigenvalue weighted by Gasteiger charge is 2.27. The lowest BCUT2D eigenvalue weighted by molar-refractivity contribution is -0.152. The monoisotopic (exact) mass is 1160 g/mol. The number of hydrogen-bond donors (Lipinski definition) is 0. The number of hydrogen-bond acceptors (Lipinski definition) is 24. The molecule has 0 N–H and O–H groups in total. The molecule has 0 aliphatic carbocycles. The van der Waals surface area contributed by atoms with Gasteiger partial charge in [-0.2, -0.15) is 0 Å². The Labute approximate surface area is 471 Å². The van der Waals surface area contributed by atoms with Crippen LogP contribution in [0.25, 0.3) is 0 Å². The van der Waals surface area contributed by atoms with E-state index in [-0.39, 0.29) is 0 Å².